The molecule has 0 bridgehead atoms. The Labute approximate surface area is 128 Å². The van der Waals surface area contributed by atoms with Gasteiger partial charge in [-0.15, -0.1) is 0 Å². The number of piperidine rings is 1. The van der Waals surface area contributed by atoms with E-state index in [2.05, 4.69) is 21.2 Å². The summed E-state index contributed by atoms with van der Waals surface area (Å²) in [7, 11) is -0.895. The molecule has 5 heteroatoms. The third-order valence-corrected chi connectivity index (χ3v) is 5.42. The third kappa shape index (κ3) is 3.80. The number of nitrogens with one attached hydrogen (secondary N) is 1. The SMILES string of the molecule is O=[S@@](CCN1CCC[C@@H](c2ccn[nH]2)C1)c1ccccc1. The van der Waals surface area contributed by atoms with Crippen molar-refractivity contribution in [3.63, 3.8) is 0 Å². The molecular weight excluding hydrogens is 282 g/mol. The van der Waals surface area contributed by atoms with Gasteiger partial charge < -0.3 is 4.90 Å². The van der Waals surface area contributed by atoms with Crippen molar-refractivity contribution in [2.24, 2.45) is 0 Å². The predicted molar refractivity (Wildman–Crippen MR) is 84.7 cm³/mol. The molecule has 3 rings (SSSR count). The number of hydrogen-bond acceptors (Lipinski definition) is 3. The fourth-order valence-electron chi connectivity index (χ4n) is 2.91. The van der Waals surface area contributed by atoms with Gasteiger partial charge in [0.1, 0.15) is 0 Å². The lowest BCUT2D eigenvalue weighted by Gasteiger charge is -2.32. The molecule has 2 heterocycles. The molecule has 0 saturated carbocycles. The van der Waals surface area contributed by atoms with Crippen LogP contribution in [0.3, 0.4) is 0 Å². The highest BCUT2D eigenvalue weighted by molar-refractivity contribution is 7.85. The molecular formula is C16H21N3OS. The fraction of sp³-hybridized carbons (Fsp3) is 0.438. The number of hydrogen-bond donors (Lipinski definition) is 1. The molecule has 1 aromatic carbocycles. The van der Waals surface area contributed by atoms with Gasteiger partial charge in [0, 0.05) is 41.5 Å². The normalized spacial score (nSPS) is 21.2. The van der Waals surface area contributed by atoms with Crippen LogP contribution in [0.2, 0.25) is 0 Å². The number of rotatable bonds is 5. The van der Waals surface area contributed by atoms with E-state index in [1.54, 1.807) is 0 Å². The van der Waals surface area contributed by atoms with E-state index in [4.69, 9.17) is 0 Å². The average Bonchev–Trinajstić information content (AvgIpc) is 3.08. The van der Waals surface area contributed by atoms with E-state index in [9.17, 15) is 4.21 Å². The van der Waals surface area contributed by atoms with Crippen molar-refractivity contribution >= 4 is 10.8 Å². The zero-order chi connectivity index (χ0) is 14.5. The van der Waals surface area contributed by atoms with Gasteiger partial charge in [-0.2, -0.15) is 5.10 Å². The predicted octanol–water partition coefficient (Wildman–Crippen LogP) is 2.40. The maximum Gasteiger partial charge on any atom is 0.0542 e. The first kappa shape index (κ1) is 14.5. The second-order valence-corrected chi connectivity index (χ2v) is 7.09. The van der Waals surface area contributed by atoms with Gasteiger partial charge in [0.15, 0.2) is 0 Å². The maximum atomic E-state index is 12.3. The maximum absolute atomic E-state index is 12.3. The Bertz CT molecular complexity index is 570. The number of nitrogens with zero attached hydrogens (tertiary/aromatic N) is 2. The number of H-pyrrole nitrogens is 1. The summed E-state index contributed by atoms with van der Waals surface area (Å²) in [6, 6.07) is 11.8. The Balaban J connectivity index is 1.52. The number of aromatic nitrogens is 2. The molecule has 1 aliphatic rings. The summed E-state index contributed by atoms with van der Waals surface area (Å²) in [5.41, 5.74) is 1.23. The van der Waals surface area contributed by atoms with Crippen molar-refractivity contribution in [3.05, 3.63) is 48.3 Å². The van der Waals surface area contributed by atoms with Gasteiger partial charge in [0.25, 0.3) is 0 Å². The van der Waals surface area contributed by atoms with Crippen molar-refractivity contribution < 1.29 is 4.21 Å². The van der Waals surface area contributed by atoms with Crippen LogP contribution in [0.15, 0.2) is 47.5 Å². The van der Waals surface area contributed by atoms with Gasteiger partial charge in [-0.3, -0.25) is 9.31 Å². The summed E-state index contributed by atoms with van der Waals surface area (Å²) in [4.78, 5) is 3.36. The molecule has 1 aromatic heterocycles. The summed E-state index contributed by atoms with van der Waals surface area (Å²) in [5, 5.41) is 7.13. The smallest absolute Gasteiger partial charge is 0.0542 e. The number of benzene rings is 1. The van der Waals surface area contributed by atoms with Crippen LogP contribution in [0.25, 0.3) is 0 Å². The van der Waals surface area contributed by atoms with Crippen molar-refractivity contribution in [3.8, 4) is 0 Å². The molecule has 2 atom stereocenters. The van der Waals surface area contributed by atoms with Gasteiger partial charge in [0.2, 0.25) is 0 Å². The Morgan fingerprint density at radius 3 is 2.90 bits per heavy atom. The van der Waals surface area contributed by atoms with Crippen molar-refractivity contribution in [2.45, 2.75) is 23.7 Å². The molecule has 1 N–H and O–H groups in total. The minimum Gasteiger partial charge on any atom is -0.302 e. The Hall–Kier alpha value is -1.46. The van der Waals surface area contributed by atoms with Crippen LogP contribution in [0.5, 0.6) is 0 Å². The molecule has 0 radical (unpaired) electrons. The van der Waals surface area contributed by atoms with Gasteiger partial charge in [-0.05, 0) is 37.6 Å². The lowest BCUT2D eigenvalue weighted by molar-refractivity contribution is 0.217. The zero-order valence-electron chi connectivity index (χ0n) is 12.1. The topological polar surface area (TPSA) is 49.0 Å². The van der Waals surface area contributed by atoms with E-state index >= 15 is 0 Å². The highest BCUT2D eigenvalue weighted by atomic mass is 32.2. The zero-order valence-corrected chi connectivity index (χ0v) is 12.9. The molecule has 1 saturated heterocycles. The molecule has 1 fully saturated rings. The van der Waals surface area contributed by atoms with Gasteiger partial charge in [-0.25, -0.2) is 0 Å². The molecule has 21 heavy (non-hydrogen) atoms. The van der Waals surface area contributed by atoms with E-state index in [-0.39, 0.29) is 0 Å². The second-order valence-electron chi connectivity index (χ2n) is 5.51. The van der Waals surface area contributed by atoms with Crippen LogP contribution in [0.4, 0.5) is 0 Å². The molecule has 1 aliphatic heterocycles. The highest BCUT2D eigenvalue weighted by Crippen LogP contribution is 2.25. The van der Waals surface area contributed by atoms with Crippen LogP contribution >= 0.6 is 0 Å². The molecule has 0 aliphatic carbocycles. The quantitative estimate of drug-likeness (QED) is 0.922. The first-order chi connectivity index (χ1) is 10.3. The highest BCUT2D eigenvalue weighted by Gasteiger charge is 2.22. The molecule has 0 unspecified atom stereocenters. The minimum absolute atomic E-state index is 0.534. The largest absolute Gasteiger partial charge is 0.302 e. The van der Waals surface area contributed by atoms with Crippen LogP contribution < -0.4 is 0 Å². The lowest BCUT2D eigenvalue weighted by Crippen LogP contribution is -2.37. The van der Waals surface area contributed by atoms with E-state index in [0.29, 0.717) is 11.7 Å². The van der Waals surface area contributed by atoms with E-state index < -0.39 is 10.8 Å². The number of aromatic amines is 1. The second kappa shape index (κ2) is 7.00. The Kier molecular flexibility index (Phi) is 4.83. The molecule has 0 amide bonds. The molecule has 0 spiro atoms. The summed E-state index contributed by atoms with van der Waals surface area (Å²) in [5.74, 6) is 1.24. The monoisotopic (exact) mass is 303 g/mol. The van der Waals surface area contributed by atoms with Crippen LogP contribution in [0, 0.1) is 0 Å². The standard InChI is InChI=1S/C16H21N3OS/c20-21(15-6-2-1-3-7-15)12-11-19-10-4-5-14(13-19)16-8-9-17-18-16/h1-3,6-9,14H,4-5,10-13H2,(H,17,18)/t14-,21+/m1/s1. The van der Waals surface area contributed by atoms with Crippen molar-refractivity contribution in [1.82, 2.24) is 15.1 Å². The van der Waals surface area contributed by atoms with Crippen LogP contribution in [-0.4, -0.2) is 44.7 Å². The van der Waals surface area contributed by atoms with E-state index in [1.165, 1.54) is 18.5 Å². The fourth-order valence-corrected chi connectivity index (χ4v) is 4.03. The average molecular weight is 303 g/mol. The van der Waals surface area contributed by atoms with Gasteiger partial charge >= 0.3 is 0 Å². The van der Waals surface area contributed by atoms with Gasteiger partial charge in [-0.1, -0.05) is 18.2 Å². The van der Waals surface area contributed by atoms with Crippen LogP contribution in [0.1, 0.15) is 24.5 Å². The summed E-state index contributed by atoms with van der Waals surface area (Å²) in [6.07, 6.45) is 4.22. The van der Waals surface area contributed by atoms with Crippen molar-refractivity contribution in [2.75, 3.05) is 25.4 Å². The van der Waals surface area contributed by atoms with E-state index in [1.807, 2.05) is 36.5 Å². The summed E-state index contributed by atoms with van der Waals surface area (Å²) in [6.45, 7) is 3.04. The lowest BCUT2D eigenvalue weighted by atomic mass is 9.95. The Morgan fingerprint density at radius 2 is 2.14 bits per heavy atom. The van der Waals surface area contributed by atoms with Crippen LogP contribution in [-0.2, 0) is 10.8 Å². The summed E-state index contributed by atoms with van der Waals surface area (Å²) < 4.78 is 12.3. The molecule has 2 aromatic rings. The number of likely N-dealkylation sites (tertiary alicyclic amines) is 1. The first-order valence-corrected chi connectivity index (χ1v) is 8.80. The molecule has 4 nitrogen and oxygen atoms in total. The minimum atomic E-state index is -0.895. The third-order valence-electron chi connectivity index (χ3n) is 4.07. The first-order valence-electron chi connectivity index (χ1n) is 7.48. The molecule has 112 valence electrons. The summed E-state index contributed by atoms with van der Waals surface area (Å²) >= 11 is 0. The van der Waals surface area contributed by atoms with E-state index in [0.717, 1.165) is 24.5 Å². The van der Waals surface area contributed by atoms with Crippen molar-refractivity contribution in [1.29, 1.82) is 0 Å². The van der Waals surface area contributed by atoms with Gasteiger partial charge in [0.05, 0.1) is 10.8 Å². The Morgan fingerprint density at radius 1 is 1.29 bits per heavy atom.